The lowest BCUT2D eigenvalue weighted by Gasteiger charge is -2.22. The number of phenols is 2. The van der Waals surface area contributed by atoms with Crippen molar-refractivity contribution in [3.63, 3.8) is 0 Å². The summed E-state index contributed by atoms with van der Waals surface area (Å²) in [5.74, 6) is -4.47. The summed E-state index contributed by atoms with van der Waals surface area (Å²) in [4.78, 5) is 36.3. The maximum atomic E-state index is 12.6. The molecule has 110 valence electrons. The predicted molar refractivity (Wildman–Crippen MR) is 74.8 cm³/mol. The van der Waals surface area contributed by atoms with Crippen molar-refractivity contribution in [1.82, 2.24) is 0 Å². The van der Waals surface area contributed by atoms with Crippen molar-refractivity contribution >= 4 is 17.5 Å². The van der Waals surface area contributed by atoms with Crippen LogP contribution in [0.3, 0.4) is 0 Å². The molecular formula is C16H10O6. The molecule has 0 unspecified atom stereocenters. The molecule has 0 fully saturated rings. The highest BCUT2D eigenvalue weighted by Crippen LogP contribution is 2.42. The van der Waals surface area contributed by atoms with E-state index in [1.165, 1.54) is 19.1 Å². The van der Waals surface area contributed by atoms with Crippen LogP contribution in [0.25, 0.3) is 0 Å². The van der Waals surface area contributed by atoms with E-state index in [4.69, 9.17) is 5.11 Å². The van der Waals surface area contributed by atoms with Crippen LogP contribution in [-0.2, 0) is 0 Å². The standard InChI is InChI=1S/C16H10O6/c1-6-9-11(15(20)14(19)10(6)16(21)22)13(18)8-5-3-2-4-7(8)12(9)17/h2-5,19-20H,1H3,(H,21,22). The van der Waals surface area contributed by atoms with Crippen molar-refractivity contribution in [1.29, 1.82) is 0 Å². The average molecular weight is 298 g/mol. The summed E-state index contributed by atoms with van der Waals surface area (Å²) in [6.45, 7) is 1.32. The normalized spacial score (nSPS) is 12.8. The molecule has 2 aromatic carbocycles. The number of ketones is 2. The first-order valence-electron chi connectivity index (χ1n) is 6.36. The third-order valence-corrected chi connectivity index (χ3v) is 3.78. The van der Waals surface area contributed by atoms with E-state index in [1.54, 1.807) is 12.1 Å². The van der Waals surface area contributed by atoms with E-state index in [-0.39, 0.29) is 27.8 Å². The van der Waals surface area contributed by atoms with Gasteiger partial charge in [0.25, 0.3) is 0 Å². The van der Waals surface area contributed by atoms with Gasteiger partial charge in [0.15, 0.2) is 23.1 Å². The van der Waals surface area contributed by atoms with E-state index in [2.05, 4.69) is 0 Å². The van der Waals surface area contributed by atoms with Gasteiger partial charge in [-0.05, 0) is 12.5 Å². The zero-order chi connectivity index (χ0) is 16.2. The monoisotopic (exact) mass is 298 g/mol. The summed E-state index contributed by atoms with van der Waals surface area (Å²) in [5, 5.41) is 29.0. The fraction of sp³-hybridized carbons (Fsp3) is 0.0625. The lowest BCUT2D eigenvalue weighted by Crippen LogP contribution is -2.23. The molecular weight excluding hydrogens is 288 g/mol. The Hall–Kier alpha value is -3.15. The Kier molecular flexibility index (Phi) is 2.78. The van der Waals surface area contributed by atoms with Gasteiger partial charge in [-0.3, -0.25) is 9.59 Å². The Bertz CT molecular complexity index is 879. The SMILES string of the molecule is Cc1c(C(=O)O)c(O)c(O)c2c1C(=O)c1ccccc1C2=O. The number of aromatic carboxylic acids is 1. The Morgan fingerprint density at radius 3 is 1.91 bits per heavy atom. The van der Waals surface area contributed by atoms with Crippen LogP contribution < -0.4 is 0 Å². The summed E-state index contributed by atoms with van der Waals surface area (Å²) in [6, 6.07) is 6.06. The highest BCUT2D eigenvalue weighted by atomic mass is 16.4. The molecule has 0 atom stereocenters. The molecule has 0 amide bonds. The van der Waals surface area contributed by atoms with Gasteiger partial charge in [0, 0.05) is 16.7 Å². The summed E-state index contributed by atoms with van der Waals surface area (Å²) in [6.07, 6.45) is 0. The van der Waals surface area contributed by atoms with E-state index in [1.807, 2.05) is 0 Å². The van der Waals surface area contributed by atoms with Crippen molar-refractivity contribution in [3.05, 3.63) is 57.6 Å². The smallest absolute Gasteiger partial charge is 0.339 e. The Morgan fingerprint density at radius 2 is 1.41 bits per heavy atom. The molecule has 2 aromatic rings. The first-order valence-corrected chi connectivity index (χ1v) is 6.36. The second-order valence-electron chi connectivity index (χ2n) is 4.96. The van der Waals surface area contributed by atoms with Crippen molar-refractivity contribution in [2.24, 2.45) is 0 Å². The van der Waals surface area contributed by atoms with Crippen LogP contribution in [0, 0.1) is 6.92 Å². The van der Waals surface area contributed by atoms with Gasteiger partial charge >= 0.3 is 5.97 Å². The number of carbonyl (C=O) groups is 3. The Morgan fingerprint density at radius 1 is 0.909 bits per heavy atom. The van der Waals surface area contributed by atoms with Crippen LogP contribution in [0.4, 0.5) is 0 Å². The number of carbonyl (C=O) groups excluding carboxylic acids is 2. The average Bonchev–Trinajstić information content (AvgIpc) is 2.48. The van der Waals surface area contributed by atoms with Crippen molar-refractivity contribution < 1.29 is 29.7 Å². The second-order valence-corrected chi connectivity index (χ2v) is 4.96. The van der Waals surface area contributed by atoms with E-state index in [0.717, 1.165) is 0 Å². The summed E-state index contributed by atoms with van der Waals surface area (Å²) < 4.78 is 0. The molecule has 0 spiro atoms. The van der Waals surface area contributed by atoms with Crippen molar-refractivity contribution in [2.75, 3.05) is 0 Å². The van der Waals surface area contributed by atoms with Crippen LogP contribution in [0.5, 0.6) is 11.5 Å². The first-order chi connectivity index (χ1) is 10.4. The van der Waals surface area contributed by atoms with Gasteiger partial charge in [-0.2, -0.15) is 0 Å². The molecule has 0 saturated carbocycles. The second kappa shape index (κ2) is 4.42. The van der Waals surface area contributed by atoms with Gasteiger partial charge in [-0.25, -0.2) is 4.79 Å². The molecule has 1 aliphatic rings. The lowest BCUT2D eigenvalue weighted by molar-refractivity contribution is 0.0691. The van der Waals surface area contributed by atoms with Gasteiger partial charge in [0.2, 0.25) is 0 Å². The quantitative estimate of drug-likeness (QED) is 0.591. The number of aromatic hydroxyl groups is 2. The molecule has 22 heavy (non-hydrogen) atoms. The maximum absolute atomic E-state index is 12.6. The minimum absolute atomic E-state index is 0.0503. The molecule has 3 rings (SSSR count). The van der Waals surface area contributed by atoms with Crippen LogP contribution in [0.2, 0.25) is 0 Å². The number of carboxylic acids is 1. The topological polar surface area (TPSA) is 112 Å². The van der Waals surface area contributed by atoms with Gasteiger partial charge < -0.3 is 15.3 Å². The highest BCUT2D eigenvalue weighted by Gasteiger charge is 2.37. The molecule has 3 N–H and O–H groups in total. The molecule has 1 aliphatic carbocycles. The number of rotatable bonds is 1. The van der Waals surface area contributed by atoms with Gasteiger partial charge in [0.1, 0.15) is 5.56 Å². The minimum Gasteiger partial charge on any atom is -0.504 e. The van der Waals surface area contributed by atoms with Crippen LogP contribution >= 0.6 is 0 Å². The van der Waals surface area contributed by atoms with Gasteiger partial charge in [0.05, 0.1) is 5.56 Å². The van der Waals surface area contributed by atoms with Crippen LogP contribution in [0.1, 0.15) is 47.8 Å². The molecule has 0 aliphatic heterocycles. The molecule has 0 aromatic heterocycles. The van der Waals surface area contributed by atoms with Crippen molar-refractivity contribution in [2.45, 2.75) is 6.92 Å². The summed E-state index contributed by atoms with van der Waals surface area (Å²) in [7, 11) is 0. The third kappa shape index (κ3) is 1.57. The molecule has 0 heterocycles. The summed E-state index contributed by atoms with van der Waals surface area (Å²) in [5.41, 5.74) is -0.927. The zero-order valence-electron chi connectivity index (χ0n) is 11.4. The zero-order valence-corrected chi connectivity index (χ0v) is 11.4. The highest BCUT2D eigenvalue weighted by molar-refractivity contribution is 6.30. The number of hydrogen-bond acceptors (Lipinski definition) is 5. The predicted octanol–water partition coefficient (Wildman–Crippen LogP) is 1.88. The number of benzene rings is 2. The molecule has 6 nitrogen and oxygen atoms in total. The Labute approximate surface area is 124 Å². The van der Waals surface area contributed by atoms with Gasteiger partial charge in [-0.1, -0.05) is 24.3 Å². The fourth-order valence-electron chi connectivity index (χ4n) is 2.76. The van der Waals surface area contributed by atoms with Crippen LogP contribution in [0.15, 0.2) is 24.3 Å². The van der Waals surface area contributed by atoms with E-state index >= 15 is 0 Å². The number of carboxylic acid groups (broad SMARTS) is 1. The Balaban J connectivity index is 2.46. The molecule has 6 heteroatoms. The number of hydrogen-bond donors (Lipinski definition) is 3. The number of fused-ring (bicyclic) bond motifs is 2. The van der Waals surface area contributed by atoms with Crippen molar-refractivity contribution in [3.8, 4) is 11.5 Å². The van der Waals surface area contributed by atoms with E-state index < -0.39 is 34.6 Å². The molecule has 0 saturated heterocycles. The lowest BCUT2D eigenvalue weighted by atomic mass is 9.80. The fourth-order valence-corrected chi connectivity index (χ4v) is 2.76. The maximum Gasteiger partial charge on any atom is 0.339 e. The van der Waals surface area contributed by atoms with Crippen LogP contribution in [-0.4, -0.2) is 32.9 Å². The molecule has 0 radical (unpaired) electrons. The van der Waals surface area contributed by atoms with Gasteiger partial charge in [-0.15, -0.1) is 0 Å². The van der Waals surface area contributed by atoms with E-state index in [0.29, 0.717) is 0 Å². The largest absolute Gasteiger partial charge is 0.504 e. The first kappa shape index (κ1) is 13.8. The minimum atomic E-state index is -1.49. The van der Waals surface area contributed by atoms with E-state index in [9.17, 15) is 24.6 Å². The third-order valence-electron chi connectivity index (χ3n) is 3.78. The number of phenolic OH excluding ortho intramolecular Hbond substituents is 1. The summed E-state index contributed by atoms with van der Waals surface area (Å²) >= 11 is 0. The molecule has 0 bridgehead atoms.